The third kappa shape index (κ3) is 4.83. The lowest BCUT2D eigenvalue weighted by molar-refractivity contribution is -0.122. The highest BCUT2D eigenvalue weighted by Crippen LogP contribution is 2.29. The van der Waals surface area contributed by atoms with Gasteiger partial charge in [-0.2, -0.15) is 0 Å². The van der Waals surface area contributed by atoms with E-state index >= 15 is 0 Å². The number of urea groups is 1. The van der Waals surface area contributed by atoms with E-state index in [1.165, 1.54) is 6.08 Å². The van der Waals surface area contributed by atoms with Crippen molar-refractivity contribution in [3.05, 3.63) is 99.0 Å². The predicted octanol–water partition coefficient (Wildman–Crippen LogP) is 5.80. The van der Waals surface area contributed by atoms with E-state index in [1.807, 2.05) is 19.1 Å². The zero-order valence-electron chi connectivity index (χ0n) is 18.2. The van der Waals surface area contributed by atoms with E-state index in [0.717, 1.165) is 16.0 Å². The number of ether oxygens (including phenoxy) is 1. The molecule has 0 atom stereocenters. The van der Waals surface area contributed by atoms with Crippen LogP contribution in [0.5, 0.6) is 5.75 Å². The van der Waals surface area contributed by atoms with Crippen LogP contribution in [0, 0.1) is 0 Å². The molecule has 1 heterocycles. The number of halogens is 2. The SMILES string of the molecule is CCc1ccccc1N1C(=O)NC(=O)/C(=C/c2ccccc2OCc2ccc(Cl)cc2Cl)C1=O. The Hall–Kier alpha value is -3.61. The van der Waals surface area contributed by atoms with E-state index in [1.54, 1.807) is 54.6 Å². The van der Waals surface area contributed by atoms with Gasteiger partial charge in [0.25, 0.3) is 11.8 Å². The summed E-state index contributed by atoms with van der Waals surface area (Å²) in [5.41, 5.74) is 2.30. The summed E-state index contributed by atoms with van der Waals surface area (Å²) < 4.78 is 5.93. The average molecular weight is 495 g/mol. The van der Waals surface area contributed by atoms with Gasteiger partial charge in [0, 0.05) is 21.2 Å². The minimum Gasteiger partial charge on any atom is -0.488 e. The second-order valence-electron chi connectivity index (χ2n) is 7.50. The summed E-state index contributed by atoms with van der Waals surface area (Å²) >= 11 is 12.2. The van der Waals surface area contributed by atoms with Crippen molar-refractivity contribution in [2.45, 2.75) is 20.0 Å². The van der Waals surface area contributed by atoms with E-state index in [4.69, 9.17) is 27.9 Å². The molecular weight excluding hydrogens is 475 g/mol. The molecule has 172 valence electrons. The second-order valence-corrected chi connectivity index (χ2v) is 8.35. The molecule has 0 unspecified atom stereocenters. The number of aryl methyl sites for hydroxylation is 1. The summed E-state index contributed by atoms with van der Waals surface area (Å²) in [6.45, 7) is 2.08. The highest BCUT2D eigenvalue weighted by molar-refractivity contribution is 6.39. The Morgan fingerprint density at radius 3 is 2.44 bits per heavy atom. The van der Waals surface area contributed by atoms with E-state index in [0.29, 0.717) is 33.5 Å². The van der Waals surface area contributed by atoms with Crippen LogP contribution < -0.4 is 15.0 Å². The molecule has 0 aromatic heterocycles. The maximum atomic E-state index is 13.3. The Kier molecular flexibility index (Phi) is 7.01. The van der Waals surface area contributed by atoms with Crippen LogP contribution >= 0.6 is 23.2 Å². The van der Waals surface area contributed by atoms with E-state index in [-0.39, 0.29) is 12.2 Å². The highest BCUT2D eigenvalue weighted by Gasteiger charge is 2.37. The first-order chi connectivity index (χ1) is 16.4. The molecule has 0 aliphatic carbocycles. The molecule has 1 aliphatic heterocycles. The first-order valence-electron chi connectivity index (χ1n) is 10.5. The van der Waals surface area contributed by atoms with Crippen molar-refractivity contribution < 1.29 is 19.1 Å². The highest BCUT2D eigenvalue weighted by atomic mass is 35.5. The third-order valence-electron chi connectivity index (χ3n) is 5.33. The van der Waals surface area contributed by atoms with Gasteiger partial charge in [0.15, 0.2) is 0 Å². The van der Waals surface area contributed by atoms with Crippen LogP contribution in [-0.2, 0) is 22.6 Å². The van der Waals surface area contributed by atoms with Crippen molar-refractivity contribution in [3.8, 4) is 5.75 Å². The van der Waals surface area contributed by atoms with Gasteiger partial charge in [0.1, 0.15) is 17.9 Å². The zero-order valence-corrected chi connectivity index (χ0v) is 19.7. The van der Waals surface area contributed by atoms with Gasteiger partial charge in [-0.15, -0.1) is 0 Å². The van der Waals surface area contributed by atoms with Crippen LogP contribution in [0.25, 0.3) is 6.08 Å². The number of anilines is 1. The van der Waals surface area contributed by atoms with Crippen LogP contribution in [0.1, 0.15) is 23.6 Å². The number of nitrogens with zero attached hydrogens (tertiary/aromatic N) is 1. The molecule has 8 heteroatoms. The lowest BCUT2D eigenvalue weighted by atomic mass is 10.0. The molecule has 4 rings (SSSR count). The fourth-order valence-corrected chi connectivity index (χ4v) is 4.05. The number of amides is 4. The fourth-order valence-electron chi connectivity index (χ4n) is 3.59. The smallest absolute Gasteiger partial charge is 0.335 e. The normalized spacial score (nSPS) is 15.0. The number of rotatable bonds is 6. The molecule has 0 spiro atoms. The van der Waals surface area contributed by atoms with Crippen molar-refractivity contribution in [1.82, 2.24) is 5.32 Å². The Balaban J connectivity index is 1.66. The van der Waals surface area contributed by atoms with Gasteiger partial charge in [0.05, 0.1) is 5.69 Å². The number of imide groups is 2. The van der Waals surface area contributed by atoms with Gasteiger partial charge < -0.3 is 4.74 Å². The summed E-state index contributed by atoms with van der Waals surface area (Å²) in [4.78, 5) is 39.4. The molecule has 1 fully saturated rings. The molecule has 1 saturated heterocycles. The molecule has 3 aromatic rings. The number of carbonyl (C=O) groups is 3. The molecule has 0 saturated carbocycles. The quantitative estimate of drug-likeness (QED) is 0.347. The molecule has 6 nitrogen and oxygen atoms in total. The minimum absolute atomic E-state index is 0.158. The number of benzene rings is 3. The summed E-state index contributed by atoms with van der Waals surface area (Å²) in [5, 5.41) is 3.24. The lowest BCUT2D eigenvalue weighted by Gasteiger charge is -2.28. The molecule has 34 heavy (non-hydrogen) atoms. The van der Waals surface area contributed by atoms with Crippen LogP contribution in [0.2, 0.25) is 10.0 Å². The number of para-hydroxylation sites is 2. The largest absolute Gasteiger partial charge is 0.488 e. The third-order valence-corrected chi connectivity index (χ3v) is 5.92. The summed E-state index contributed by atoms with van der Waals surface area (Å²) in [6.07, 6.45) is 2.04. The Labute approximate surface area is 206 Å². The maximum Gasteiger partial charge on any atom is 0.335 e. The van der Waals surface area contributed by atoms with Crippen molar-refractivity contribution >= 4 is 52.8 Å². The minimum atomic E-state index is -0.782. The fraction of sp³-hybridized carbons (Fsp3) is 0.115. The molecule has 3 aromatic carbocycles. The lowest BCUT2D eigenvalue weighted by Crippen LogP contribution is -2.54. The number of hydrogen-bond acceptors (Lipinski definition) is 4. The van der Waals surface area contributed by atoms with Crippen molar-refractivity contribution in [1.29, 1.82) is 0 Å². The zero-order chi connectivity index (χ0) is 24.2. The van der Waals surface area contributed by atoms with Gasteiger partial charge in [-0.25, -0.2) is 9.69 Å². The summed E-state index contributed by atoms with van der Waals surface area (Å²) in [6, 6.07) is 18.4. The first kappa shape index (κ1) is 23.5. The molecule has 0 bridgehead atoms. The van der Waals surface area contributed by atoms with Crippen LogP contribution in [0.4, 0.5) is 10.5 Å². The second kappa shape index (κ2) is 10.1. The summed E-state index contributed by atoms with van der Waals surface area (Å²) in [5.74, 6) is -1.03. The van der Waals surface area contributed by atoms with Crippen molar-refractivity contribution in [3.63, 3.8) is 0 Å². The van der Waals surface area contributed by atoms with Crippen LogP contribution in [-0.4, -0.2) is 17.8 Å². The predicted molar refractivity (Wildman–Crippen MR) is 132 cm³/mol. The monoisotopic (exact) mass is 494 g/mol. The van der Waals surface area contributed by atoms with Crippen molar-refractivity contribution in [2.24, 2.45) is 0 Å². The van der Waals surface area contributed by atoms with Gasteiger partial charge >= 0.3 is 6.03 Å². The first-order valence-corrected chi connectivity index (χ1v) is 11.3. The van der Waals surface area contributed by atoms with Gasteiger partial charge in [-0.1, -0.05) is 72.6 Å². The van der Waals surface area contributed by atoms with E-state index in [9.17, 15) is 14.4 Å². The molecule has 1 aliphatic rings. The number of nitrogens with one attached hydrogen (secondary N) is 1. The summed E-state index contributed by atoms with van der Waals surface area (Å²) in [7, 11) is 0. The maximum absolute atomic E-state index is 13.3. The molecule has 0 radical (unpaired) electrons. The average Bonchev–Trinajstić information content (AvgIpc) is 2.82. The topological polar surface area (TPSA) is 75.7 Å². The molecular formula is C26H20Cl2N2O4. The number of hydrogen-bond donors (Lipinski definition) is 1. The number of carbonyl (C=O) groups excluding carboxylic acids is 3. The Bertz CT molecular complexity index is 1320. The van der Waals surface area contributed by atoms with E-state index < -0.39 is 17.8 Å². The standard InChI is InChI=1S/C26H20Cl2N2O4/c1-2-16-7-3-5-9-22(16)30-25(32)20(24(31)29-26(30)33)13-17-8-4-6-10-23(17)34-15-18-11-12-19(27)14-21(18)28/h3-14H,2,15H2,1H3,(H,29,31,33)/b20-13-. The Morgan fingerprint density at radius 2 is 1.68 bits per heavy atom. The van der Waals surface area contributed by atoms with Crippen LogP contribution in [0.3, 0.4) is 0 Å². The van der Waals surface area contributed by atoms with Gasteiger partial charge in [0.2, 0.25) is 0 Å². The van der Waals surface area contributed by atoms with Gasteiger partial charge in [-0.3, -0.25) is 14.9 Å². The molecule has 1 N–H and O–H groups in total. The Morgan fingerprint density at radius 1 is 0.941 bits per heavy atom. The van der Waals surface area contributed by atoms with Crippen LogP contribution in [0.15, 0.2) is 72.3 Å². The van der Waals surface area contributed by atoms with E-state index in [2.05, 4.69) is 5.32 Å². The number of barbiturate groups is 1. The van der Waals surface area contributed by atoms with Gasteiger partial charge in [-0.05, 0) is 42.3 Å². The van der Waals surface area contributed by atoms with Crippen molar-refractivity contribution in [2.75, 3.05) is 4.90 Å². The molecule has 4 amide bonds.